The number of hydrogen-bond acceptors (Lipinski definition) is 6. The zero-order chi connectivity index (χ0) is 26.6. The first-order valence-corrected chi connectivity index (χ1v) is 12.7. The van der Waals surface area contributed by atoms with Gasteiger partial charge in [-0.2, -0.15) is 0 Å². The molecule has 4 rings (SSSR count). The summed E-state index contributed by atoms with van der Waals surface area (Å²) in [6.45, 7) is 11.0. The molecule has 0 radical (unpaired) electrons. The first kappa shape index (κ1) is 26.6. The molecule has 3 aromatic rings. The van der Waals surface area contributed by atoms with Crippen LogP contribution in [0.5, 0.6) is 5.75 Å². The van der Waals surface area contributed by atoms with Gasteiger partial charge in [0.1, 0.15) is 12.4 Å². The zero-order valence-corrected chi connectivity index (χ0v) is 22.0. The fourth-order valence-electron chi connectivity index (χ4n) is 5.01. The van der Waals surface area contributed by atoms with Crippen LogP contribution in [0.4, 0.5) is 0 Å². The number of carbonyl (C=O) groups is 2. The van der Waals surface area contributed by atoms with Gasteiger partial charge in [0.2, 0.25) is 5.91 Å². The van der Waals surface area contributed by atoms with Crippen LogP contribution in [0.1, 0.15) is 48.8 Å². The number of rotatable bonds is 7. The summed E-state index contributed by atoms with van der Waals surface area (Å²) in [5.41, 5.74) is 5.25. The normalized spacial score (nSPS) is 18.4. The zero-order valence-electron chi connectivity index (χ0n) is 22.0. The fraction of sp³-hybridized carbons (Fsp3) is 0.414. The SMILES string of the molecule is Cc1cc(COc2ccc(C(=O)N[C@@H]3CN(CC(C)(C)C)CC[C@@H]3C(=O)NO)cc2)c2ccccc2n1. The predicted octanol–water partition coefficient (Wildman–Crippen LogP) is 4.09. The number of likely N-dealkylation sites (tertiary alicyclic amines) is 1. The van der Waals surface area contributed by atoms with E-state index in [2.05, 4.69) is 36.0 Å². The average molecular weight is 505 g/mol. The monoisotopic (exact) mass is 504 g/mol. The number of nitrogens with one attached hydrogen (secondary N) is 2. The highest BCUT2D eigenvalue weighted by Crippen LogP contribution is 2.24. The van der Waals surface area contributed by atoms with Crippen molar-refractivity contribution in [3.05, 3.63) is 71.4 Å². The van der Waals surface area contributed by atoms with Gasteiger partial charge in [0.25, 0.3) is 5.91 Å². The number of hydroxylamine groups is 1. The highest BCUT2D eigenvalue weighted by molar-refractivity contribution is 5.95. The first-order valence-electron chi connectivity index (χ1n) is 12.7. The number of pyridine rings is 1. The maximum Gasteiger partial charge on any atom is 0.251 e. The number of para-hydroxylation sites is 1. The van der Waals surface area contributed by atoms with E-state index in [4.69, 9.17) is 4.74 Å². The Hall–Kier alpha value is -3.49. The van der Waals surface area contributed by atoms with Gasteiger partial charge in [0.05, 0.1) is 17.5 Å². The Morgan fingerprint density at radius 1 is 1.14 bits per heavy atom. The third-order valence-corrected chi connectivity index (χ3v) is 6.60. The lowest BCUT2D eigenvalue weighted by Crippen LogP contribution is -2.57. The lowest BCUT2D eigenvalue weighted by atomic mass is 9.88. The van der Waals surface area contributed by atoms with Crippen LogP contribution in [0.3, 0.4) is 0 Å². The number of fused-ring (bicyclic) bond motifs is 1. The molecule has 2 atom stereocenters. The summed E-state index contributed by atoms with van der Waals surface area (Å²) in [7, 11) is 0. The van der Waals surface area contributed by atoms with Crippen LogP contribution in [-0.2, 0) is 11.4 Å². The molecule has 0 aliphatic carbocycles. The molecule has 2 aromatic carbocycles. The van der Waals surface area contributed by atoms with Crippen molar-refractivity contribution in [2.24, 2.45) is 11.3 Å². The number of ether oxygens (including phenoxy) is 1. The lowest BCUT2D eigenvalue weighted by Gasteiger charge is -2.40. The Balaban J connectivity index is 1.41. The number of carbonyl (C=O) groups excluding carboxylic acids is 2. The summed E-state index contributed by atoms with van der Waals surface area (Å²) in [5, 5.41) is 13.3. The van der Waals surface area contributed by atoms with E-state index < -0.39 is 17.9 Å². The number of nitrogens with zero attached hydrogens (tertiary/aromatic N) is 2. The molecule has 0 saturated carbocycles. The van der Waals surface area contributed by atoms with Crippen molar-refractivity contribution >= 4 is 22.7 Å². The van der Waals surface area contributed by atoms with Crippen molar-refractivity contribution in [3.63, 3.8) is 0 Å². The summed E-state index contributed by atoms with van der Waals surface area (Å²) in [6.07, 6.45) is 0.559. The molecule has 1 aliphatic heterocycles. The van der Waals surface area contributed by atoms with E-state index in [0.29, 0.717) is 30.9 Å². The van der Waals surface area contributed by atoms with Gasteiger partial charge in [0.15, 0.2) is 0 Å². The highest BCUT2D eigenvalue weighted by Gasteiger charge is 2.36. The number of hydrogen-bond donors (Lipinski definition) is 3. The Morgan fingerprint density at radius 2 is 1.86 bits per heavy atom. The van der Waals surface area contributed by atoms with Gasteiger partial charge in [-0.15, -0.1) is 0 Å². The molecule has 8 heteroatoms. The molecule has 0 bridgehead atoms. The Bertz CT molecular complexity index is 1250. The second kappa shape index (κ2) is 11.3. The van der Waals surface area contributed by atoms with E-state index in [1.807, 2.05) is 37.3 Å². The lowest BCUT2D eigenvalue weighted by molar-refractivity contribution is -0.135. The average Bonchev–Trinajstić information content (AvgIpc) is 2.86. The standard InChI is InChI=1S/C29H36N4O4/c1-19-15-21(23-7-5-6-8-25(23)30-19)17-37-22-11-9-20(10-12-22)27(34)31-26-16-33(18-29(2,3)4)14-13-24(26)28(35)32-36/h5-12,15,24,26,36H,13-14,16-18H2,1-4H3,(H,31,34)(H,32,35)/t24-,26+/m0/s1. The molecule has 2 amide bonds. The molecule has 196 valence electrons. The van der Waals surface area contributed by atoms with Crippen LogP contribution in [0.15, 0.2) is 54.6 Å². The van der Waals surface area contributed by atoms with Gasteiger partial charge in [-0.25, -0.2) is 5.48 Å². The molecule has 8 nitrogen and oxygen atoms in total. The summed E-state index contributed by atoms with van der Waals surface area (Å²) < 4.78 is 6.02. The van der Waals surface area contributed by atoms with E-state index in [-0.39, 0.29) is 11.3 Å². The Morgan fingerprint density at radius 3 is 2.57 bits per heavy atom. The number of aromatic nitrogens is 1. The van der Waals surface area contributed by atoms with Gasteiger partial charge in [0, 0.05) is 35.3 Å². The minimum absolute atomic E-state index is 0.0950. The minimum Gasteiger partial charge on any atom is -0.489 e. The van der Waals surface area contributed by atoms with Gasteiger partial charge < -0.3 is 15.0 Å². The molecule has 0 spiro atoms. The van der Waals surface area contributed by atoms with Crippen molar-refractivity contribution in [3.8, 4) is 5.75 Å². The highest BCUT2D eigenvalue weighted by atomic mass is 16.5. The molecule has 2 heterocycles. The largest absolute Gasteiger partial charge is 0.489 e. The topological polar surface area (TPSA) is 104 Å². The van der Waals surface area contributed by atoms with Crippen LogP contribution in [0.25, 0.3) is 10.9 Å². The van der Waals surface area contributed by atoms with Gasteiger partial charge in [-0.05, 0) is 61.7 Å². The number of benzene rings is 2. The molecular weight excluding hydrogens is 468 g/mol. The van der Waals surface area contributed by atoms with Crippen molar-refractivity contribution in [2.45, 2.75) is 46.8 Å². The smallest absolute Gasteiger partial charge is 0.251 e. The van der Waals surface area contributed by atoms with Crippen LogP contribution in [0, 0.1) is 18.3 Å². The van der Waals surface area contributed by atoms with Crippen LogP contribution < -0.4 is 15.5 Å². The Labute approximate surface area is 218 Å². The van der Waals surface area contributed by atoms with Crippen molar-refractivity contribution in [1.82, 2.24) is 20.7 Å². The van der Waals surface area contributed by atoms with Crippen LogP contribution in [-0.4, -0.2) is 52.6 Å². The first-order chi connectivity index (χ1) is 17.6. The fourth-order valence-corrected chi connectivity index (χ4v) is 5.01. The second-order valence-corrected chi connectivity index (χ2v) is 11.0. The van der Waals surface area contributed by atoms with Crippen molar-refractivity contribution < 1.29 is 19.5 Å². The van der Waals surface area contributed by atoms with E-state index in [1.54, 1.807) is 29.7 Å². The van der Waals surface area contributed by atoms with Gasteiger partial charge in [-0.3, -0.25) is 19.8 Å². The molecule has 1 fully saturated rings. The van der Waals surface area contributed by atoms with Crippen LogP contribution in [0.2, 0.25) is 0 Å². The summed E-state index contributed by atoms with van der Waals surface area (Å²) in [6, 6.07) is 16.6. The minimum atomic E-state index is -0.494. The number of aryl methyl sites for hydroxylation is 1. The quantitative estimate of drug-likeness (QED) is 0.331. The molecule has 1 saturated heterocycles. The van der Waals surface area contributed by atoms with E-state index >= 15 is 0 Å². The van der Waals surface area contributed by atoms with Crippen molar-refractivity contribution in [2.75, 3.05) is 19.6 Å². The maximum absolute atomic E-state index is 13.1. The molecular formula is C29H36N4O4. The molecule has 0 unspecified atom stereocenters. The summed E-state index contributed by atoms with van der Waals surface area (Å²) in [5.74, 6) is -0.572. The number of amides is 2. The molecule has 1 aliphatic rings. The maximum atomic E-state index is 13.1. The summed E-state index contributed by atoms with van der Waals surface area (Å²) >= 11 is 0. The van der Waals surface area contributed by atoms with E-state index in [0.717, 1.165) is 35.2 Å². The molecule has 37 heavy (non-hydrogen) atoms. The Kier molecular flexibility index (Phi) is 8.10. The second-order valence-electron chi connectivity index (χ2n) is 11.0. The van der Waals surface area contributed by atoms with Gasteiger partial charge >= 0.3 is 0 Å². The third kappa shape index (κ3) is 6.84. The van der Waals surface area contributed by atoms with Gasteiger partial charge in [-0.1, -0.05) is 39.0 Å². The number of piperidine rings is 1. The molecule has 3 N–H and O–H groups in total. The molecule has 1 aromatic heterocycles. The summed E-state index contributed by atoms with van der Waals surface area (Å²) in [4.78, 5) is 32.2. The van der Waals surface area contributed by atoms with Crippen LogP contribution >= 0.6 is 0 Å². The van der Waals surface area contributed by atoms with E-state index in [9.17, 15) is 14.8 Å². The predicted molar refractivity (Wildman–Crippen MR) is 142 cm³/mol. The van der Waals surface area contributed by atoms with Crippen molar-refractivity contribution in [1.29, 1.82) is 0 Å². The van der Waals surface area contributed by atoms with E-state index in [1.165, 1.54) is 0 Å². The third-order valence-electron chi connectivity index (χ3n) is 6.60.